The fourth-order valence-electron chi connectivity index (χ4n) is 2.47. The minimum atomic E-state index is 0.114. The Kier molecular flexibility index (Phi) is 4.91. The molecular formula is C15H22BrN3O. The normalized spacial score (nSPS) is 16.1. The highest BCUT2D eigenvalue weighted by Gasteiger charge is 2.23. The summed E-state index contributed by atoms with van der Waals surface area (Å²) in [5.41, 5.74) is 2.39. The van der Waals surface area contributed by atoms with Crippen LogP contribution in [-0.2, 0) is 0 Å². The van der Waals surface area contributed by atoms with Crippen LogP contribution in [0.25, 0.3) is 0 Å². The van der Waals surface area contributed by atoms with E-state index >= 15 is 0 Å². The van der Waals surface area contributed by atoms with Gasteiger partial charge in [0.2, 0.25) is 0 Å². The molecule has 1 aliphatic heterocycles. The molecule has 1 N–H and O–H groups in total. The lowest BCUT2D eigenvalue weighted by atomic mass is 10.0. The van der Waals surface area contributed by atoms with Gasteiger partial charge in [0.15, 0.2) is 0 Å². The van der Waals surface area contributed by atoms with Crippen LogP contribution in [0.1, 0.15) is 18.4 Å². The molecule has 1 aliphatic rings. The van der Waals surface area contributed by atoms with E-state index in [4.69, 9.17) is 0 Å². The number of likely N-dealkylation sites (tertiary alicyclic amines) is 1. The summed E-state index contributed by atoms with van der Waals surface area (Å²) in [6, 6.07) is 6.88. The van der Waals surface area contributed by atoms with Crippen LogP contribution in [-0.4, -0.2) is 49.1 Å². The first-order valence-corrected chi connectivity index (χ1v) is 7.75. The number of carbonyl (C=O) groups excluding carboxylic acids is 1. The monoisotopic (exact) mass is 339 g/mol. The molecule has 20 heavy (non-hydrogen) atoms. The zero-order valence-electron chi connectivity index (χ0n) is 12.3. The van der Waals surface area contributed by atoms with Gasteiger partial charge < -0.3 is 15.1 Å². The van der Waals surface area contributed by atoms with Crippen molar-refractivity contribution in [2.45, 2.75) is 25.8 Å². The molecule has 4 nitrogen and oxygen atoms in total. The molecule has 0 radical (unpaired) electrons. The van der Waals surface area contributed by atoms with Crippen LogP contribution in [0, 0.1) is 6.92 Å². The van der Waals surface area contributed by atoms with Gasteiger partial charge in [0, 0.05) is 43.4 Å². The molecule has 0 atom stereocenters. The number of carbonyl (C=O) groups is 1. The van der Waals surface area contributed by atoms with E-state index in [1.54, 1.807) is 19.0 Å². The summed E-state index contributed by atoms with van der Waals surface area (Å²) in [4.78, 5) is 15.4. The van der Waals surface area contributed by atoms with Crippen molar-refractivity contribution in [2.24, 2.45) is 0 Å². The Labute approximate surface area is 129 Å². The van der Waals surface area contributed by atoms with E-state index in [1.165, 1.54) is 5.56 Å². The van der Waals surface area contributed by atoms with Crippen molar-refractivity contribution in [3.8, 4) is 0 Å². The zero-order valence-corrected chi connectivity index (χ0v) is 13.9. The average molecular weight is 340 g/mol. The van der Waals surface area contributed by atoms with Gasteiger partial charge in [-0.3, -0.25) is 0 Å². The lowest BCUT2D eigenvalue weighted by molar-refractivity contribution is 0.158. The Balaban J connectivity index is 1.88. The summed E-state index contributed by atoms with van der Waals surface area (Å²) >= 11 is 3.52. The number of benzene rings is 1. The first kappa shape index (κ1) is 15.2. The van der Waals surface area contributed by atoms with Crippen molar-refractivity contribution in [1.82, 2.24) is 9.80 Å². The van der Waals surface area contributed by atoms with E-state index in [0.717, 1.165) is 36.1 Å². The molecule has 2 amide bonds. The van der Waals surface area contributed by atoms with Crippen LogP contribution in [0.5, 0.6) is 0 Å². The average Bonchev–Trinajstić information content (AvgIpc) is 2.43. The molecule has 0 unspecified atom stereocenters. The van der Waals surface area contributed by atoms with Gasteiger partial charge in [0.1, 0.15) is 0 Å². The highest BCUT2D eigenvalue weighted by atomic mass is 79.9. The Morgan fingerprint density at radius 2 is 2.00 bits per heavy atom. The Hall–Kier alpha value is -1.23. The second-order valence-electron chi connectivity index (χ2n) is 5.55. The maximum Gasteiger partial charge on any atom is 0.319 e. The van der Waals surface area contributed by atoms with Crippen molar-refractivity contribution < 1.29 is 4.79 Å². The van der Waals surface area contributed by atoms with E-state index in [-0.39, 0.29) is 6.03 Å². The van der Waals surface area contributed by atoms with Crippen molar-refractivity contribution in [1.29, 1.82) is 0 Å². The number of nitrogens with zero attached hydrogens (tertiary/aromatic N) is 2. The summed E-state index contributed by atoms with van der Waals surface area (Å²) in [6.45, 7) is 3.74. The second-order valence-corrected chi connectivity index (χ2v) is 6.40. The van der Waals surface area contributed by atoms with Crippen molar-refractivity contribution >= 4 is 27.6 Å². The molecular weight excluding hydrogens is 318 g/mol. The van der Waals surface area contributed by atoms with Crippen LogP contribution < -0.4 is 5.32 Å². The highest BCUT2D eigenvalue weighted by molar-refractivity contribution is 9.10. The second kappa shape index (κ2) is 6.48. The van der Waals surface area contributed by atoms with Crippen LogP contribution in [0.15, 0.2) is 22.7 Å². The van der Waals surface area contributed by atoms with Gasteiger partial charge in [-0.2, -0.15) is 0 Å². The van der Waals surface area contributed by atoms with Crippen molar-refractivity contribution in [2.75, 3.05) is 32.5 Å². The number of urea groups is 1. The molecule has 0 aliphatic carbocycles. The Morgan fingerprint density at radius 1 is 1.35 bits per heavy atom. The van der Waals surface area contributed by atoms with E-state index < -0.39 is 0 Å². The van der Waals surface area contributed by atoms with Gasteiger partial charge in [-0.05, 0) is 43.5 Å². The SMILES string of the molecule is Cc1cc(NC2CCN(C(=O)N(C)C)CC2)ccc1Br. The predicted octanol–water partition coefficient (Wildman–Crippen LogP) is 3.32. The molecule has 0 bridgehead atoms. The van der Waals surface area contributed by atoms with Gasteiger partial charge in [-0.25, -0.2) is 4.79 Å². The highest BCUT2D eigenvalue weighted by Crippen LogP contribution is 2.22. The Bertz CT molecular complexity index is 482. The summed E-state index contributed by atoms with van der Waals surface area (Å²) in [5.74, 6) is 0. The third-order valence-electron chi connectivity index (χ3n) is 3.68. The standard InChI is InChI=1S/C15H22BrN3O/c1-11-10-13(4-5-14(11)16)17-12-6-8-19(9-7-12)15(20)18(2)3/h4-5,10,12,17H,6-9H2,1-3H3. The van der Waals surface area contributed by atoms with E-state index in [9.17, 15) is 4.79 Å². The van der Waals surface area contributed by atoms with Crippen LogP contribution in [0.4, 0.5) is 10.5 Å². The molecule has 1 saturated heterocycles. The minimum absolute atomic E-state index is 0.114. The largest absolute Gasteiger partial charge is 0.382 e. The summed E-state index contributed by atoms with van der Waals surface area (Å²) < 4.78 is 1.13. The molecule has 2 rings (SSSR count). The summed E-state index contributed by atoms with van der Waals surface area (Å²) in [5, 5.41) is 3.57. The van der Waals surface area contributed by atoms with Crippen molar-refractivity contribution in [3.05, 3.63) is 28.2 Å². The molecule has 1 heterocycles. The smallest absolute Gasteiger partial charge is 0.319 e. The molecule has 110 valence electrons. The first-order valence-electron chi connectivity index (χ1n) is 6.96. The number of nitrogens with one attached hydrogen (secondary N) is 1. The summed E-state index contributed by atoms with van der Waals surface area (Å²) in [6.07, 6.45) is 1.99. The zero-order chi connectivity index (χ0) is 14.7. The number of hydrogen-bond donors (Lipinski definition) is 1. The van der Waals surface area contributed by atoms with Gasteiger partial charge >= 0.3 is 6.03 Å². The number of amides is 2. The number of piperidine rings is 1. The van der Waals surface area contributed by atoms with Gasteiger partial charge in [-0.1, -0.05) is 15.9 Å². The number of anilines is 1. The van der Waals surface area contributed by atoms with Gasteiger partial charge in [0.05, 0.1) is 0 Å². The van der Waals surface area contributed by atoms with E-state index in [1.807, 2.05) is 4.90 Å². The third-order valence-corrected chi connectivity index (χ3v) is 4.57. The third kappa shape index (κ3) is 3.66. The minimum Gasteiger partial charge on any atom is -0.382 e. The Morgan fingerprint density at radius 3 is 2.55 bits per heavy atom. The fraction of sp³-hybridized carbons (Fsp3) is 0.533. The maximum absolute atomic E-state index is 11.9. The lowest BCUT2D eigenvalue weighted by Gasteiger charge is -2.34. The van der Waals surface area contributed by atoms with Crippen LogP contribution in [0.3, 0.4) is 0 Å². The number of aryl methyl sites for hydroxylation is 1. The van der Waals surface area contributed by atoms with Crippen LogP contribution in [0.2, 0.25) is 0 Å². The summed E-state index contributed by atoms with van der Waals surface area (Å²) in [7, 11) is 3.61. The van der Waals surface area contributed by atoms with Gasteiger partial charge in [0.25, 0.3) is 0 Å². The van der Waals surface area contributed by atoms with Crippen LogP contribution >= 0.6 is 15.9 Å². The van der Waals surface area contributed by atoms with Gasteiger partial charge in [-0.15, -0.1) is 0 Å². The number of hydrogen-bond acceptors (Lipinski definition) is 2. The first-order chi connectivity index (χ1) is 9.47. The predicted molar refractivity (Wildman–Crippen MR) is 86.2 cm³/mol. The molecule has 0 saturated carbocycles. The van der Waals surface area contributed by atoms with Crippen molar-refractivity contribution in [3.63, 3.8) is 0 Å². The molecule has 0 spiro atoms. The quantitative estimate of drug-likeness (QED) is 0.897. The van der Waals surface area contributed by atoms with E-state index in [2.05, 4.69) is 46.4 Å². The maximum atomic E-state index is 11.9. The molecule has 1 fully saturated rings. The fourth-order valence-corrected chi connectivity index (χ4v) is 2.71. The molecule has 1 aromatic rings. The topological polar surface area (TPSA) is 35.6 Å². The number of rotatable bonds is 2. The van der Waals surface area contributed by atoms with E-state index in [0.29, 0.717) is 6.04 Å². The molecule has 1 aromatic carbocycles. The number of halogens is 1. The molecule has 5 heteroatoms. The lowest BCUT2D eigenvalue weighted by Crippen LogP contribution is -2.46. The molecule has 0 aromatic heterocycles.